The van der Waals surface area contributed by atoms with Crippen LogP contribution in [-0.4, -0.2) is 4.98 Å². The van der Waals surface area contributed by atoms with Crippen molar-refractivity contribution < 1.29 is 0 Å². The van der Waals surface area contributed by atoms with Crippen molar-refractivity contribution in [2.45, 2.75) is 48.5 Å². The molecular weight excluding hydrogens is 230 g/mol. The molecule has 0 unspecified atom stereocenters. The molecule has 0 saturated carbocycles. The highest BCUT2D eigenvalue weighted by Gasteiger charge is 1.97. The van der Waals surface area contributed by atoms with Gasteiger partial charge in [0.15, 0.2) is 0 Å². The van der Waals surface area contributed by atoms with Crippen LogP contribution in [0.4, 0.5) is 0 Å². The van der Waals surface area contributed by atoms with Crippen LogP contribution in [0.15, 0.2) is 54.4 Å². The maximum absolute atomic E-state index is 4.02. The summed E-state index contributed by atoms with van der Waals surface area (Å²) in [5.41, 5.74) is 4.69. The summed E-state index contributed by atoms with van der Waals surface area (Å²) in [4.78, 5) is 4.02. The molecule has 19 heavy (non-hydrogen) atoms. The molecule has 0 aromatic carbocycles. The van der Waals surface area contributed by atoms with Crippen molar-refractivity contribution in [3.8, 4) is 0 Å². The standard InChI is InChI=1S/C14H17N.2C2H6/c1-11(2)9-14(10-12(3)4)13-5-7-15-8-6-13;2*1-2/h5-10H,1H2,2-4H3;2*1-2H3/b14-9+;;. The minimum Gasteiger partial charge on any atom is -0.265 e. The predicted octanol–water partition coefficient (Wildman–Crippen LogP) is 6.06. The largest absolute Gasteiger partial charge is 0.265 e. The summed E-state index contributed by atoms with van der Waals surface area (Å²) in [7, 11) is 0. The Morgan fingerprint density at radius 3 is 1.79 bits per heavy atom. The number of aromatic nitrogens is 1. The van der Waals surface area contributed by atoms with Gasteiger partial charge < -0.3 is 0 Å². The average Bonchev–Trinajstić information content (AvgIpc) is 2.42. The van der Waals surface area contributed by atoms with Crippen molar-refractivity contribution in [2.24, 2.45) is 0 Å². The molecule has 1 aromatic rings. The lowest BCUT2D eigenvalue weighted by Gasteiger charge is -2.03. The number of hydrogen-bond donors (Lipinski definition) is 0. The molecule has 0 spiro atoms. The maximum Gasteiger partial charge on any atom is 0.0273 e. The van der Waals surface area contributed by atoms with Crippen molar-refractivity contribution in [1.82, 2.24) is 4.98 Å². The molecule has 0 N–H and O–H groups in total. The monoisotopic (exact) mass is 259 g/mol. The Balaban J connectivity index is 0. The van der Waals surface area contributed by atoms with Crippen LogP contribution < -0.4 is 0 Å². The lowest BCUT2D eigenvalue weighted by atomic mass is 10.0. The smallest absolute Gasteiger partial charge is 0.0273 e. The van der Waals surface area contributed by atoms with Gasteiger partial charge in [0, 0.05) is 12.4 Å². The van der Waals surface area contributed by atoms with E-state index < -0.39 is 0 Å². The first-order valence-corrected chi connectivity index (χ1v) is 7.02. The first kappa shape index (κ1) is 19.7. The summed E-state index contributed by atoms with van der Waals surface area (Å²) in [5.74, 6) is 0. The average molecular weight is 259 g/mol. The quantitative estimate of drug-likeness (QED) is 0.601. The number of nitrogens with zero attached hydrogens (tertiary/aromatic N) is 1. The van der Waals surface area contributed by atoms with Gasteiger partial charge in [0.05, 0.1) is 0 Å². The van der Waals surface area contributed by atoms with Gasteiger partial charge in [0.2, 0.25) is 0 Å². The Kier molecular flexibility index (Phi) is 13.3. The highest BCUT2D eigenvalue weighted by molar-refractivity contribution is 5.76. The molecule has 0 aliphatic heterocycles. The molecular formula is C18H29N. The topological polar surface area (TPSA) is 12.9 Å². The highest BCUT2D eigenvalue weighted by atomic mass is 14.6. The molecule has 0 amide bonds. The Bertz CT molecular complexity index is 393. The Morgan fingerprint density at radius 1 is 0.947 bits per heavy atom. The third-order valence-electron chi connectivity index (χ3n) is 1.86. The van der Waals surface area contributed by atoms with Gasteiger partial charge in [-0.25, -0.2) is 0 Å². The zero-order valence-electron chi connectivity index (χ0n) is 13.6. The molecule has 0 bridgehead atoms. The van der Waals surface area contributed by atoms with Gasteiger partial charge in [0.1, 0.15) is 0 Å². The van der Waals surface area contributed by atoms with Gasteiger partial charge in [-0.15, -0.1) is 0 Å². The van der Waals surface area contributed by atoms with Gasteiger partial charge >= 0.3 is 0 Å². The molecule has 1 aromatic heterocycles. The third-order valence-corrected chi connectivity index (χ3v) is 1.86. The molecule has 1 nitrogen and oxygen atoms in total. The van der Waals surface area contributed by atoms with Crippen molar-refractivity contribution >= 4 is 5.57 Å². The van der Waals surface area contributed by atoms with Crippen LogP contribution in [0.1, 0.15) is 54.0 Å². The number of rotatable bonds is 3. The minimum absolute atomic E-state index is 1.05. The molecule has 0 atom stereocenters. The Morgan fingerprint density at radius 2 is 1.42 bits per heavy atom. The summed E-state index contributed by atoms with van der Waals surface area (Å²) in [6, 6.07) is 4.02. The first-order valence-electron chi connectivity index (χ1n) is 7.02. The maximum atomic E-state index is 4.02. The van der Waals surface area contributed by atoms with Crippen molar-refractivity contribution in [2.75, 3.05) is 0 Å². The van der Waals surface area contributed by atoms with Gasteiger partial charge in [-0.3, -0.25) is 4.98 Å². The van der Waals surface area contributed by atoms with Crippen LogP contribution in [0.5, 0.6) is 0 Å². The summed E-state index contributed by atoms with van der Waals surface area (Å²) in [6.45, 7) is 18.1. The van der Waals surface area contributed by atoms with Gasteiger partial charge in [-0.2, -0.15) is 0 Å². The number of hydrogen-bond acceptors (Lipinski definition) is 1. The summed E-state index contributed by atoms with van der Waals surface area (Å²) < 4.78 is 0. The fourth-order valence-electron chi connectivity index (χ4n) is 1.33. The van der Waals surface area contributed by atoms with Gasteiger partial charge in [-0.05, 0) is 44.0 Å². The van der Waals surface area contributed by atoms with Crippen LogP contribution in [0, 0.1) is 0 Å². The fourth-order valence-corrected chi connectivity index (χ4v) is 1.33. The van der Waals surface area contributed by atoms with E-state index in [4.69, 9.17) is 0 Å². The van der Waals surface area contributed by atoms with E-state index in [0.717, 1.165) is 5.57 Å². The second-order valence-electron chi connectivity index (χ2n) is 3.90. The molecule has 0 saturated heterocycles. The van der Waals surface area contributed by atoms with Crippen molar-refractivity contribution in [1.29, 1.82) is 0 Å². The fraction of sp³-hybridized carbons (Fsp3) is 0.389. The van der Waals surface area contributed by atoms with Crippen molar-refractivity contribution in [3.05, 3.63) is 60.0 Å². The first-order chi connectivity index (χ1) is 9.09. The lowest BCUT2D eigenvalue weighted by Crippen LogP contribution is -1.83. The zero-order valence-corrected chi connectivity index (χ0v) is 13.6. The van der Waals surface area contributed by atoms with Crippen LogP contribution in [-0.2, 0) is 0 Å². The molecule has 0 aliphatic rings. The molecule has 0 radical (unpaired) electrons. The SMILES string of the molecule is C=C(C)/C=C(\C=C(C)C)c1ccncc1.CC.CC. The van der Waals surface area contributed by atoms with E-state index in [1.165, 1.54) is 16.7 Å². The highest BCUT2D eigenvalue weighted by Crippen LogP contribution is 2.18. The van der Waals surface area contributed by atoms with Crippen LogP contribution in [0.3, 0.4) is 0 Å². The van der Waals surface area contributed by atoms with Crippen molar-refractivity contribution in [3.63, 3.8) is 0 Å². The Labute approximate surface area is 119 Å². The van der Waals surface area contributed by atoms with Gasteiger partial charge in [-0.1, -0.05) is 57.6 Å². The second kappa shape index (κ2) is 12.8. The molecule has 1 heteroatoms. The molecule has 106 valence electrons. The molecule has 1 heterocycles. The molecule has 0 fully saturated rings. The van der Waals surface area contributed by atoms with Crippen LogP contribution >= 0.6 is 0 Å². The van der Waals surface area contributed by atoms with E-state index in [1.807, 2.05) is 46.8 Å². The van der Waals surface area contributed by atoms with Gasteiger partial charge in [0.25, 0.3) is 0 Å². The van der Waals surface area contributed by atoms with E-state index in [2.05, 4.69) is 37.6 Å². The summed E-state index contributed by atoms with van der Waals surface area (Å²) in [5, 5.41) is 0. The normalized spacial score (nSPS) is 9.32. The predicted molar refractivity (Wildman–Crippen MR) is 89.2 cm³/mol. The van der Waals surface area contributed by atoms with E-state index in [9.17, 15) is 0 Å². The molecule has 1 rings (SSSR count). The van der Waals surface area contributed by atoms with E-state index in [1.54, 1.807) is 12.4 Å². The summed E-state index contributed by atoms with van der Waals surface area (Å²) >= 11 is 0. The molecule has 0 aliphatic carbocycles. The van der Waals surface area contributed by atoms with E-state index >= 15 is 0 Å². The van der Waals surface area contributed by atoms with Crippen LogP contribution in [0.2, 0.25) is 0 Å². The summed E-state index contributed by atoms with van der Waals surface area (Å²) in [6.07, 6.45) is 7.85. The lowest BCUT2D eigenvalue weighted by molar-refractivity contribution is 1.31. The third kappa shape index (κ3) is 10.0. The zero-order chi connectivity index (χ0) is 15.3. The Hall–Kier alpha value is -1.63. The van der Waals surface area contributed by atoms with Crippen LogP contribution in [0.25, 0.3) is 5.57 Å². The second-order valence-corrected chi connectivity index (χ2v) is 3.90. The minimum atomic E-state index is 1.05. The van der Waals surface area contributed by atoms with E-state index in [-0.39, 0.29) is 0 Å². The number of allylic oxidation sites excluding steroid dienone is 5. The van der Waals surface area contributed by atoms with E-state index in [0.29, 0.717) is 0 Å². The number of pyridine rings is 1.